The van der Waals surface area contributed by atoms with Crippen molar-refractivity contribution in [2.75, 3.05) is 5.33 Å². The van der Waals surface area contributed by atoms with Crippen molar-refractivity contribution in [2.45, 2.75) is 39.0 Å². The largest absolute Gasteiger partial charge is 0.0921 e. The molecule has 0 heterocycles. The lowest BCUT2D eigenvalue weighted by atomic mass is 9.90. The van der Waals surface area contributed by atoms with E-state index in [1.165, 1.54) is 22.3 Å². The molecule has 0 fully saturated rings. The maximum atomic E-state index is 3.68. The molecular formula is C19H23Br. The van der Waals surface area contributed by atoms with Gasteiger partial charge in [0.25, 0.3) is 0 Å². The van der Waals surface area contributed by atoms with Crippen molar-refractivity contribution in [1.29, 1.82) is 0 Å². The molecule has 0 amide bonds. The number of alkyl halides is 1. The molecule has 0 N–H and O–H groups in total. The number of aryl methyl sites for hydroxylation is 1. The van der Waals surface area contributed by atoms with Crippen molar-refractivity contribution in [2.24, 2.45) is 0 Å². The second-order valence-corrected chi connectivity index (χ2v) is 6.46. The molecule has 0 nitrogen and oxygen atoms in total. The quantitative estimate of drug-likeness (QED) is 0.604. The zero-order chi connectivity index (χ0) is 14.5. The minimum Gasteiger partial charge on any atom is -0.0921 e. The van der Waals surface area contributed by atoms with Gasteiger partial charge in [-0.2, -0.15) is 0 Å². The van der Waals surface area contributed by atoms with Crippen LogP contribution >= 0.6 is 15.9 Å². The van der Waals surface area contributed by atoms with Crippen LogP contribution in [0.1, 0.15) is 47.9 Å². The normalized spacial score (nSPS) is 12.7. The van der Waals surface area contributed by atoms with Gasteiger partial charge in [0, 0.05) is 5.33 Å². The van der Waals surface area contributed by atoms with E-state index in [2.05, 4.69) is 85.2 Å². The van der Waals surface area contributed by atoms with Gasteiger partial charge in [-0.3, -0.25) is 0 Å². The number of rotatable bonds is 5. The summed E-state index contributed by atoms with van der Waals surface area (Å²) >= 11 is 3.68. The van der Waals surface area contributed by atoms with Crippen molar-refractivity contribution in [3.63, 3.8) is 0 Å². The molecule has 0 spiro atoms. The van der Waals surface area contributed by atoms with Gasteiger partial charge in [-0.15, -0.1) is 0 Å². The molecule has 0 bridgehead atoms. The molecule has 0 radical (unpaired) electrons. The highest BCUT2D eigenvalue weighted by Crippen LogP contribution is 2.26. The van der Waals surface area contributed by atoms with Crippen LogP contribution in [0, 0.1) is 6.92 Å². The summed E-state index contributed by atoms with van der Waals surface area (Å²) in [5, 5.41) is 1.00. The summed E-state index contributed by atoms with van der Waals surface area (Å²) in [6, 6.07) is 17.8. The van der Waals surface area contributed by atoms with Gasteiger partial charge in [-0.25, -0.2) is 0 Å². The Kier molecular flexibility index (Phi) is 5.42. The van der Waals surface area contributed by atoms with Crippen molar-refractivity contribution >= 4 is 15.9 Å². The molecule has 1 atom stereocenters. The van der Waals surface area contributed by atoms with Gasteiger partial charge in [0.1, 0.15) is 0 Å². The predicted molar refractivity (Wildman–Crippen MR) is 91.9 cm³/mol. The van der Waals surface area contributed by atoms with Crippen molar-refractivity contribution in [3.05, 3.63) is 70.8 Å². The topological polar surface area (TPSA) is 0 Å². The molecule has 2 aromatic rings. The minimum absolute atomic E-state index is 0.543. The third-order valence-electron chi connectivity index (χ3n) is 3.94. The highest BCUT2D eigenvalue weighted by atomic mass is 79.9. The molecule has 0 aliphatic carbocycles. The van der Waals surface area contributed by atoms with E-state index in [1.54, 1.807) is 0 Å². The van der Waals surface area contributed by atoms with Crippen molar-refractivity contribution in [3.8, 4) is 0 Å². The standard InChI is InChI=1S/C19H23Br/c1-14(2)17-10-8-16(9-11-17)12-18(13-20)19-7-5-4-6-15(19)3/h4-11,14,18H,12-13H2,1-3H3. The molecule has 1 heteroatoms. The summed E-state index contributed by atoms with van der Waals surface area (Å²) in [6.45, 7) is 6.68. The fourth-order valence-electron chi connectivity index (χ4n) is 2.62. The average Bonchev–Trinajstić information content (AvgIpc) is 2.46. The first-order valence-electron chi connectivity index (χ1n) is 7.32. The van der Waals surface area contributed by atoms with Crippen LogP contribution in [0.5, 0.6) is 0 Å². The lowest BCUT2D eigenvalue weighted by Crippen LogP contribution is -2.06. The van der Waals surface area contributed by atoms with Crippen LogP contribution < -0.4 is 0 Å². The van der Waals surface area contributed by atoms with E-state index in [1.807, 2.05) is 0 Å². The zero-order valence-electron chi connectivity index (χ0n) is 12.6. The van der Waals surface area contributed by atoms with E-state index in [4.69, 9.17) is 0 Å². The summed E-state index contributed by atoms with van der Waals surface area (Å²) in [4.78, 5) is 0. The van der Waals surface area contributed by atoms with Crippen LogP contribution in [-0.2, 0) is 6.42 Å². The Morgan fingerprint density at radius 2 is 1.60 bits per heavy atom. The molecule has 0 aliphatic heterocycles. The first-order chi connectivity index (χ1) is 9.61. The highest BCUT2D eigenvalue weighted by molar-refractivity contribution is 9.09. The molecule has 20 heavy (non-hydrogen) atoms. The second kappa shape index (κ2) is 7.08. The number of hydrogen-bond donors (Lipinski definition) is 0. The van der Waals surface area contributed by atoms with Gasteiger partial charge < -0.3 is 0 Å². The van der Waals surface area contributed by atoms with Gasteiger partial charge in [-0.1, -0.05) is 78.3 Å². The molecule has 0 aliphatic rings. The Hall–Kier alpha value is -1.08. The number of hydrogen-bond acceptors (Lipinski definition) is 0. The van der Waals surface area contributed by atoms with Crippen molar-refractivity contribution < 1.29 is 0 Å². The Balaban J connectivity index is 2.16. The van der Waals surface area contributed by atoms with Gasteiger partial charge in [-0.05, 0) is 47.4 Å². The molecule has 2 aromatic carbocycles. The number of benzene rings is 2. The first-order valence-corrected chi connectivity index (χ1v) is 8.44. The second-order valence-electron chi connectivity index (χ2n) is 5.81. The summed E-state index contributed by atoms with van der Waals surface area (Å²) in [5.74, 6) is 1.15. The fourth-order valence-corrected chi connectivity index (χ4v) is 3.19. The van der Waals surface area contributed by atoms with Crippen molar-refractivity contribution in [1.82, 2.24) is 0 Å². The third-order valence-corrected chi connectivity index (χ3v) is 4.72. The first kappa shape index (κ1) is 15.3. The van der Waals surface area contributed by atoms with Crippen LogP contribution in [0.3, 0.4) is 0 Å². The van der Waals surface area contributed by atoms with E-state index in [9.17, 15) is 0 Å². The average molecular weight is 331 g/mol. The van der Waals surface area contributed by atoms with E-state index in [0.717, 1.165) is 11.8 Å². The monoisotopic (exact) mass is 330 g/mol. The molecule has 0 saturated carbocycles. The number of halogens is 1. The van der Waals surface area contributed by atoms with Gasteiger partial charge in [0.2, 0.25) is 0 Å². The summed E-state index contributed by atoms with van der Waals surface area (Å²) in [5.41, 5.74) is 5.68. The summed E-state index contributed by atoms with van der Waals surface area (Å²) < 4.78 is 0. The summed E-state index contributed by atoms with van der Waals surface area (Å²) in [7, 11) is 0. The van der Waals surface area contributed by atoms with E-state index < -0.39 is 0 Å². The Morgan fingerprint density at radius 3 is 2.15 bits per heavy atom. The van der Waals surface area contributed by atoms with E-state index in [-0.39, 0.29) is 0 Å². The summed E-state index contributed by atoms with van der Waals surface area (Å²) in [6.07, 6.45) is 1.09. The van der Waals surface area contributed by atoms with Gasteiger partial charge in [0.05, 0.1) is 0 Å². The van der Waals surface area contributed by atoms with E-state index >= 15 is 0 Å². The van der Waals surface area contributed by atoms with E-state index in [0.29, 0.717) is 11.8 Å². The smallest absolute Gasteiger partial charge is 0.0103 e. The van der Waals surface area contributed by atoms with Gasteiger partial charge in [0.15, 0.2) is 0 Å². The molecule has 0 saturated heterocycles. The zero-order valence-corrected chi connectivity index (χ0v) is 14.2. The lowest BCUT2D eigenvalue weighted by molar-refractivity contribution is 0.767. The molecule has 2 rings (SSSR count). The minimum atomic E-state index is 0.543. The highest BCUT2D eigenvalue weighted by Gasteiger charge is 2.13. The molecule has 0 aromatic heterocycles. The predicted octanol–water partition coefficient (Wildman–Crippen LogP) is 5.84. The lowest BCUT2D eigenvalue weighted by Gasteiger charge is -2.17. The SMILES string of the molecule is Cc1ccccc1C(CBr)Cc1ccc(C(C)C)cc1. The van der Waals surface area contributed by atoms with Crippen LogP contribution in [0.15, 0.2) is 48.5 Å². The molecular weight excluding hydrogens is 308 g/mol. The fraction of sp³-hybridized carbons (Fsp3) is 0.368. The van der Waals surface area contributed by atoms with Crippen LogP contribution in [0.2, 0.25) is 0 Å². The maximum absolute atomic E-state index is 3.68. The van der Waals surface area contributed by atoms with Crippen LogP contribution in [-0.4, -0.2) is 5.33 Å². The Morgan fingerprint density at radius 1 is 0.950 bits per heavy atom. The maximum Gasteiger partial charge on any atom is 0.0103 e. The Labute approximate surface area is 131 Å². The Bertz CT molecular complexity index is 540. The van der Waals surface area contributed by atoms with Crippen LogP contribution in [0.25, 0.3) is 0 Å². The molecule has 1 unspecified atom stereocenters. The molecule has 106 valence electrons. The van der Waals surface area contributed by atoms with Gasteiger partial charge >= 0.3 is 0 Å². The van der Waals surface area contributed by atoms with Crippen LogP contribution in [0.4, 0.5) is 0 Å². The third kappa shape index (κ3) is 3.73.